The molecule has 2 fully saturated rings. The average molecular weight is 570 g/mol. The van der Waals surface area contributed by atoms with Crippen molar-refractivity contribution < 1.29 is 0 Å². The third-order valence-electron chi connectivity index (χ3n) is 10.8. The summed E-state index contributed by atoms with van der Waals surface area (Å²) in [6, 6.07) is 11.8. The molecule has 2 aliphatic rings. The first-order valence-corrected chi connectivity index (χ1v) is 18.0. The molecule has 230 valence electrons. The van der Waals surface area contributed by atoms with Gasteiger partial charge in [0, 0.05) is 18.0 Å². The molecule has 2 aromatic rings. The molecule has 0 saturated heterocycles. The first-order valence-electron chi connectivity index (χ1n) is 18.0. The smallest absolute Gasteiger partial charge is 0.159 e. The van der Waals surface area contributed by atoms with Crippen LogP contribution >= 0.6 is 0 Å². The van der Waals surface area contributed by atoms with E-state index in [1.54, 1.807) is 0 Å². The molecular weight excluding hydrogens is 510 g/mol. The number of rotatable bonds is 17. The lowest BCUT2D eigenvalue weighted by Crippen LogP contribution is -2.25. The maximum absolute atomic E-state index is 10.0. The lowest BCUT2D eigenvalue weighted by molar-refractivity contribution is 0.223. The quantitative estimate of drug-likeness (QED) is 0.178. The molecule has 2 aliphatic carbocycles. The van der Waals surface area contributed by atoms with Gasteiger partial charge in [-0.05, 0) is 86.7 Å². The highest BCUT2D eigenvalue weighted by molar-refractivity contribution is 5.55. The standard InChI is InChI=1S/C39H59N3/c1-3-5-7-9-10-12-14-26-39(31-40)27-24-35(25-28-39)33-20-22-36(23-21-33)38-41-29-37(30-42-38)34-18-16-32(17-19-34)15-13-11-8-6-4-2/h20-23,29-30,32,34-35H,3-19,24-28H2,1-2H3/t32-,34-,35-,39-. The number of aromatic nitrogens is 2. The van der Waals surface area contributed by atoms with Crippen molar-refractivity contribution in [2.45, 2.75) is 167 Å². The molecular formula is C39H59N3. The second kappa shape index (κ2) is 17.8. The van der Waals surface area contributed by atoms with Gasteiger partial charge in [-0.25, -0.2) is 9.97 Å². The maximum Gasteiger partial charge on any atom is 0.159 e. The van der Waals surface area contributed by atoms with Crippen LogP contribution in [0.1, 0.15) is 178 Å². The van der Waals surface area contributed by atoms with E-state index >= 15 is 0 Å². The Kier molecular flexibility index (Phi) is 13.9. The van der Waals surface area contributed by atoms with E-state index in [0.717, 1.165) is 49.4 Å². The Hall–Kier alpha value is -2.21. The zero-order chi connectivity index (χ0) is 29.5. The molecule has 3 heteroatoms. The predicted molar refractivity (Wildman–Crippen MR) is 177 cm³/mol. The first-order chi connectivity index (χ1) is 20.7. The van der Waals surface area contributed by atoms with Crippen LogP contribution in [0.2, 0.25) is 0 Å². The topological polar surface area (TPSA) is 49.6 Å². The summed E-state index contributed by atoms with van der Waals surface area (Å²) in [6.07, 6.45) is 32.7. The van der Waals surface area contributed by atoms with Crippen LogP contribution in [-0.4, -0.2) is 9.97 Å². The van der Waals surface area contributed by atoms with E-state index in [1.807, 2.05) is 0 Å². The third-order valence-corrected chi connectivity index (χ3v) is 10.8. The number of unbranched alkanes of at least 4 members (excludes halogenated alkanes) is 10. The Labute approximate surface area is 258 Å². The summed E-state index contributed by atoms with van der Waals surface area (Å²) in [7, 11) is 0. The van der Waals surface area contributed by atoms with Gasteiger partial charge in [0.1, 0.15) is 0 Å². The molecule has 0 amide bonds. The van der Waals surface area contributed by atoms with Crippen LogP contribution in [0.25, 0.3) is 11.4 Å². The summed E-state index contributed by atoms with van der Waals surface area (Å²) in [6.45, 7) is 4.57. The van der Waals surface area contributed by atoms with Crippen molar-refractivity contribution in [1.82, 2.24) is 9.97 Å². The zero-order valence-electron chi connectivity index (χ0n) is 27.1. The van der Waals surface area contributed by atoms with Gasteiger partial charge in [0.05, 0.1) is 11.5 Å². The average Bonchev–Trinajstić information content (AvgIpc) is 3.05. The van der Waals surface area contributed by atoms with Crippen molar-refractivity contribution in [2.75, 3.05) is 0 Å². The molecule has 0 aliphatic heterocycles. The van der Waals surface area contributed by atoms with Crippen LogP contribution in [0.4, 0.5) is 0 Å². The SMILES string of the molecule is CCCCCCCCC[C@]1(C#N)CC[C@H](c2ccc(-c3ncc([C@H]4CC[C@H](CCCCCCC)CC4)cn3)cc2)CC1. The first kappa shape index (κ1) is 32.7. The second-order valence-electron chi connectivity index (χ2n) is 13.9. The highest BCUT2D eigenvalue weighted by Gasteiger charge is 2.35. The maximum atomic E-state index is 10.0. The molecule has 3 nitrogen and oxygen atoms in total. The number of hydrogen-bond acceptors (Lipinski definition) is 3. The number of hydrogen-bond donors (Lipinski definition) is 0. The van der Waals surface area contributed by atoms with Crippen LogP contribution in [0, 0.1) is 22.7 Å². The minimum Gasteiger partial charge on any atom is -0.236 e. The van der Waals surface area contributed by atoms with Crippen LogP contribution in [0.3, 0.4) is 0 Å². The van der Waals surface area contributed by atoms with Crippen molar-refractivity contribution >= 4 is 0 Å². The van der Waals surface area contributed by atoms with Crippen molar-refractivity contribution in [1.29, 1.82) is 5.26 Å². The summed E-state index contributed by atoms with van der Waals surface area (Å²) in [5.41, 5.74) is 3.78. The molecule has 0 N–H and O–H groups in total. The summed E-state index contributed by atoms with van der Waals surface area (Å²) >= 11 is 0. The van der Waals surface area contributed by atoms with Gasteiger partial charge in [0.25, 0.3) is 0 Å². The minimum atomic E-state index is -0.0804. The molecule has 0 atom stereocenters. The number of nitriles is 1. The Morgan fingerprint density at radius 2 is 1.21 bits per heavy atom. The van der Waals surface area contributed by atoms with E-state index in [4.69, 9.17) is 9.97 Å². The summed E-state index contributed by atoms with van der Waals surface area (Å²) in [5, 5.41) is 10.0. The zero-order valence-corrected chi connectivity index (χ0v) is 27.1. The highest BCUT2D eigenvalue weighted by Crippen LogP contribution is 2.46. The van der Waals surface area contributed by atoms with Gasteiger partial charge in [-0.15, -0.1) is 0 Å². The normalized spacial score (nSPS) is 24.4. The van der Waals surface area contributed by atoms with E-state index in [1.165, 1.54) is 120 Å². The molecule has 0 unspecified atom stereocenters. The van der Waals surface area contributed by atoms with E-state index in [0.29, 0.717) is 11.8 Å². The summed E-state index contributed by atoms with van der Waals surface area (Å²) < 4.78 is 0. The molecule has 0 bridgehead atoms. The van der Waals surface area contributed by atoms with Gasteiger partial charge < -0.3 is 0 Å². The van der Waals surface area contributed by atoms with Crippen molar-refractivity contribution in [3.05, 3.63) is 47.8 Å². The molecule has 42 heavy (non-hydrogen) atoms. The molecule has 1 aromatic carbocycles. The minimum absolute atomic E-state index is 0.0804. The molecule has 1 heterocycles. The van der Waals surface area contributed by atoms with E-state index < -0.39 is 0 Å². The molecule has 2 saturated carbocycles. The fourth-order valence-corrected chi connectivity index (χ4v) is 7.77. The summed E-state index contributed by atoms with van der Waals surface area (Å²) in [5.74, 6) is 2.99. The van der Waals surface area contributed by atoms with E-state index in [-0.39, 0.29) is 5.41 Å². The monoisotopic (exact) mass is 569 g/mol. The molecule has 0 radical (unpaired) electrons. The van der Waals surface area contributed by atoms with Crippen LogP contribution in [-0.2, 0) is 0 Å². The third kappa shape index (κ3) is 9.92. The number of benzene rings is 1. The summed E-state index contributed by atoms with van der Waals surface area (Å²) in [4.78, 5) is 9.61. The Morgan fingerprint density at radius 3 is 1.81 bits per heavy atom. The van der Waals surface area contributed by atoms with Gasteiger partial charge in [0.15, 0.2) is 5.82 Å². The van der Waals surface area contributed by atoms with E-state index in [9.17, 15) is 5.26 Å². The van der Waals surface area contributed by atoms with E-state index in [2.05, 4.69) is 56.6 Å². The van der Waals surface area contributed by atoms with Gasteiger partial charge >= 0.3 is 0 Å². The lowest BCUT2D eigenvalue weighted by atomic mass is 9.67. The predicted octanol–water partition coefficient (Wildman–Crippen LogP) is 12.1. The van der Waals surface area contributed by atoms with Gasteiger partial charge in [-0.1, -0.05) is 122 Å². The molecule has 4 rings (SSSR count). The second-order valence-corrected chi connectivity index (χ2v) is 13.9. The largest absolute Gasteiger partial charge is 0.236 e. The lowest BCUT2D eigenvalue weighted by Gasteiger charge is -2.35. The van der Waals surface area contributed by atoms with Gasteiger partial charge in [-0.3, -0.25) is 0 Å². The van der Waals surface area contributed by atoms with Gasteiger partial charge in [0.2, 0.25) is 0 Å². The van der Waals surface area contributed by atoms with Crippen molar-refractivity contribution in [3.8, 4) is 17.5 Å². The molecule has 0 spiro atoms. The van der Waals surface area contributed by atoms with Crippen molar-refractivity contribution in [2.24, 2.45) is 11.3 Å². The Bertz CT molecular complexity index is 1030. The van der Waals surface area contributed by atoms with Crippen LogP contribution in [0.15, 0.2) is 36.7 Å². The highest BCUT2D eigenvalue weighted by atomic mass is 14.9. The van der Waals surface area contributed by atoms with Gasteiger partial charge in [-0.2, -0.15) is 5.26 Å². The Balaban J connectivity index is 1.19. The molecule has 1 aromatic heterocycles. The van der Waals surface area contributed by atoms with Crippen LogP contribution < -0.4 is 0 Å². The van der Waals surface area contributed by atoms with Crippen molar-refractivity contribution in [3.63, 3.8) is 0 Å². The Morgan fingerprint density at radius 1 is 0.667 bits per heavy atom. The number of nitrogens with zero attached hydrogens (tertiary/aromatic N) is 3. The fourth-order valence-electron chi connectivity index (χ4n) is 7.77. The fraction of sp³-hybridized carbons (Fsp3) is 0.718. The van der Waals surface area contributed by atoms with Crippen LogP contribution in [0.5, 0.6) is 0 Å².